The summed E-state index contributed by atoms with van der Waals surface area (Å²) >= 11 is 0. The van der Waals surface area contributed by atoms with Crippen molar-refractivity contribution in [2.75, 3.05) is 33.4 Å². The zero-order chi connectivity index (χ0) is 15.4. The molecule has 1 aromatic heterocycles. The fourth-order valence-corrected chi connectivity index (χ4v) is 2.60. The summed E-state index contributed by atoms with van der Waals surface area (Å²) in [4.78, 5) is 25.7. The molecule has 0 saturated carbocycles. The normalized spacial score (nSPS) is 18.3. The largest absolute Gasteiger partial charge is 0.466 e. The van der Waals surface area contributed by atoms with E-state index in [2.05, 4.69) is 5.32 Å². The van der Waals surface area contributed by atoms with Gasteiger partial charge in [-0.1, -0.05) is 0 Å². The number of hydrogen-bond donors (Lipinski definition) is 1. The molecule has 6 nitrogen and oxygen atoms in total. The van der Waals surface area contributed by atoms with E-state index in [1.807, 2.05) is 6.92 Å². The van der Waals surface area contributed by atoms with E-state index >= 15 is 0 Å². The van der Waals surface area contributed by atoms with Gasteiger partial charge in [-0.2, -0.15) is 0 Å². The minimum absolute atomic E-state index is 0.127. The molecule has 1 aromatic rings. The van der Waals surface area contributed by atoms with Crippen LogP contribution in [0.5, 0.6) is 0 Å². The summed E-state index contributed by atoms with van der Waals surface area (Å²) < 4.78 is 10.3. The first-order chi connectivity index (χ1) is 10.0. The Morgan fingerprint density at radius 2 is 2.29 bits per heavy atom. The van der Waals surface area contributed by atoms with E-state index in [1.165, 1.54) is 0 Å². The van der Waals surface area contributed by atoms with Gasteiger partial charge in [-0.05, 0) is 19.9 Å². The molecule has 21 heavy (non-hydrogen) atoms. The number of aryl methyl sites for hydroxylation is 2. The Balaban J connectivity index is 1.82. The lowest BCUT2D eigenvalue weighted by atomic mass is 10.1. The third-order valence-electron chi connectivity index (χ3n) is 3.70. The number of ether oxygens (including phenoxy) is 1. The third kappa shape index (κ3) is 3.85. The Hall–Kier alpha value is -1.82. The lowest BCUT2D eigenvalue weighted by molar-refractivity contribution is -0.128. The molecule has 2 heterocycles. The van der Waals surface area contributed by atoms with Gasteiger partial charge in [0.25, 0.3) is 5.91 Å². The second kappa shape index (κ2) is 6.76. The summed E-state index contributed by atoms with van der Waals surface area (Å²) in [6.07, 6.45) is 0.480. The van der Waals surface area contributed by atoms with E-state index < -0.39 is 0 Å². The van der Waals surface area contributed by atoms with Crippen LogP contribution in [-0.4, -0.2) is 50.1 Å². The monoisotopic (exact) mass is 294 g/mol. The summed E-state index contributed by atoms with van der Waals surface area (Å²) in [5.41, 5.74) is 0.563. The van der Waals surface area contributed by atoms with Gasteiger partial charge in [0.05, 0.1) is 12.2 Å². The SMILES string of the molecule is COCCN1C[C@H](CNC(=O)c2cc(C)oc2C)CC1=O. The lowest BCUT2D eigenvalue weighted by Gasteiger charge is -2.16. The molecule has 1 saturated heterocycles. The molecular formula is C15H22N2O4. The molecule has 1 aliphatic heterocycles. The number of likely N-dealkylation sites (tertiary alicyclic amines) is 1. The molecule has 0 aromatic carbocycles. The molecule has 0 aliphatic carbocycles. The number of hydrogen-bond acceptors (Lipinski definition) is 4. The first-order valence-corrected chi connectivity index (χ1v) is 7.13. The van der Waals surface area contributed by atoms with Crippen LogP contribution in [0.25, 0.3) is 0 Å². The topological polar surface area (TPSA) is 71.8 Å². The maximum atomic E-state index is 12.1. The van der Waals surface area contributed by atoms with Gasteiger partial charge in [0.1, 0.15) is 11.5 Å². The van der Waals surface area contributed by atoms with Gasteiger partial charge >= 0.3 is 0 Å². The predicted octanol–water partition coefficient (Wildman–Crippen LogP) is 1.12. The number of carbonyl (C=O) groups is 2. The van der Waals surface area contributed by atoms with Crippen molar-refractivity contribution in [3.63, 3.8) is 0 Å². The van der Waals surface area contributed by atoms with Gasteiger partial charge in [-0.25, -0.2) is 0 Å². The van der Waals surface area contributed by atoms with Crippen molar-refractivity contribution in [3.05, 3.63) is 23.2 Å². The van der Waals surface area contributed by atoms with E-state index in [1.54, 1.807) is 25.0 Å². The van der Waals surface area contributed by atoms with Gasteiger partial charge in [-0.15, -0.1) is 0 Å². The number of nitrogens with zero attached hydrogens (tertiary/aromatic N) is 1. The van der Waals surface area contributed by atoms with Gasteiger partial charge in [0.2, 0.25) is 5.91 Å². The van der Waals surface area contributed by atoms with Crippen molar-refractivity contribution < 1.29 is 18.7 Å². The minimum Gasteiger partial charge on any atom is -0.466 e. The average Bonchev–Trinajstić information content (AvgIpc) is 2.96. The molecule has 1 atom stereocenters. The van der Waals surface area contributed by atoms with Crippen LogP contribution in [0.4, 0.5) is 0 Å². The Morgan fingerprint density at radius 1 is 1.52 bits per heavy atom. The highest BCUT2D eigenvalue weighted by Crippen LogP contribution is 2.17. The summed E-state index contributed by atoms with van der Waals surface area (Å²) in [5, 5.41) is 2.88. The van der Waals surface area contributed by atoms with Crippen molar-refractivity contribution in [2.45, 2.75) is 20.3 Å². The molecule has 116 valence electrons. The number of furan rings is 1. The van der Waals surface area contributed by atoms with Crippen LogP contribution in [0, 0.1) is 19.8 Å². The number of amides is 2. The van der Waals surface area contributed by atoms with Crippen molar-refractivity contribution in [2.24, 2.45) is 5.92 Å². The van der Waals surface area contributed by atoms with Crippen LogP contribution >= 0.6 is 0 Å². The smallest absolute Gasteiger partial charge is 0.254 e. The highest BCUT2D eigenvalue weighted by atomic mass is 16.5. The number of methoxy groups -OCH3 is 1. The maximum absolute atomic E-state index is 12.1. The molecule has 6 heteroatoms. The minimum atomic E-state index is -0.146. The molecule has 1 fully saturated rings. The molecule has 2 rings (SSSR count). The van der Waals surface area contributed by atoms with E-state index in [0.29, 0.717) is 44.0 Å². The molecular weight excluding hydrogens is 272 g/mol. The Labute approximate surface area is 124 Å². The van der Waals surface area contributed by atoms with Crippen LogP contribution in [0.3, 0.4) is 0 Å². The van der Waals surface area contributed by atoms with Gasteiger partial charge in [-0.3, -0.25) is 9.59 Å². The lowest BCUT2D eigenvalue weighted by Crippen LogP contribution is -2.32. The van der Waals surface area contributed by atoms with E-state index in [4.69, 9.17) is 9.15 Å². The second-order valence-electron chi connectivity index (χ2n) is 5.44. The Kier molecular flexibility index (Phi) is 5.01. The second-order valence-corrected chi connectivity index (χ2v) is 5.44. The van der Waals surface area contributed by atoms with Crippen LogP contribution < -0.4 is 5.32 Å². The Bertz CT molecular complexity index is 524. The van der Waals surface area contributed by atoms with Crippen LogP contribution in [0.15, 0.2) is 10.5 Å². The predicted molar refractivity (Wildman–Crippen MR) is 77.1 cm³/mol. The first-order valence-electron chi connectivity index (χ1n) is 7.13. The highest BCUT2D eigenvalue weighted by Gasteiger charge is 2.29. The quantitative estimate of drug-likeness (QED) is 0.853. The van der Waals surface area contributed by atoms with Crippen molar-refractivity contribution in [3.8, 4) is 0 Å². The van der Waals surface area contributed by atoms with Crippen molar-refractivity contribution in [1.29, 1.82) is 0 Å². The third-order valence-corrected chi connectivity index (χ3v) is 3.70. The molecule has 1 N–H and O–H groups in total. The molecule has 1 aliphatic rings. The van der Waals surface area contributed by atoms with Crippen molar-refractivity contribution >= 4 is 11.8 Å². The van der Waals surface area contributed by atoms with E-state index in [9.17, 15) is 9.59 Å². The maximum Gasteiger partial charge on any atom is 0.254 e. The van der Waals surface area contributed by atoms with Crippen LogP contribution in [0.2, 0.25) is 0 Å². The molecule has 0 spiro atoms. The standard InChI is InChI=1S/C15H22N2O4/c1-10-6-13(11(2)21-10)15(19)16-8-12-7-14(18)17(9-12)4-5-20-3/h6,12H,4-5,7-9H2,1-3H3,(H,16,19)/t12-/m0/s1. The van der Waals surface area contributed by atoms with Gasteiger partial charge < -0.3 is 19.4 Å². The number of rotatable bonds is 6. The fourth-order valence-electron chi connectivity index (χ4n) is 2.60. The van der Waals surface area contributed by atoms with Crippen molar-refractivity contribution in [1.82, 2.24) is 10.2 Å². The molecule has 0 radical (unpaired) electrons. The summed E-state index contributed by atoms with van der Waals surface area (Å²) in [5.74, 6) is 1.48. The van der Waals surface area contributed by atoms with Gasteiger partial charge in [0, 0.05) is 39.1 Å². The average molecular weight is 294 g/mol. The molecule has 2 amide bonds. The summed E-state index contributed by atoms with van der Waals surface area (Å²) in [6, 6.07) is 1.73. The van der Waals surface area contributed by atoms with E-state index in [-0.39, 0.29) is 17.7 Å². The summed E-state index contributed by atoms with van der Waals surface area (Å²) in [6.45, 7) is 5.91. The zero-order valence-corrected chi connectivity index (χ0v) is 12.8. The van der Waals surface area contributed by atoms with E-state index in [0.717, 1.165) is 5.76 Å². The molecule has 0 bridgehead atoms. The first kappa shape index (κ1) is 15.6. The van der Waals surface area contributed by atoms with Crippen LogP contribution in [-0.2, 0) is 9.53 Å². The molecule has 0 unspecified atom stereocenters. The highest BCUT2D eigenvalue weighted by molar-refractivity contribution is 5.95. The van der Waals surface area contributed by atoms with Crippen LogP contribution in [0.1, 0.15) is 28.3 Å². The fraction of sp³-hybridized carbons (Fsp3) is 0.600. The summed E-state index contributed by atoms with van der Waals surface area (Å²) in [7, 11) is 1.62. The number of nitrogens with one attached hydrogen (secondary N) is 1. The number of carbonyl (C=O) groups excluding carboxylic acids is 2. The zero-order valence-electron chi connectivity index (χ0n) is 12.8. The van der Waals surface area contributed by atoms with Gasteiger partial charge in [0.15, 0.2) is 0 Å². The Morgan fingerprint density at radius 3 is 2.90 bits per heavy atom.